The number of anilines is 4. The van der Waals surface area contributed by atoms with Crippen LogP contribution < -0.4 is 15.4 Å². The summed E-state index contributed by atoms with van der Waals surface area (Å²) in [6.07, 6.45) is 1.52. The Morgan fingerprint density at radius 3 is 2.30 bits per heavy atom. The first-order valence-electron chi connectivity index (χ1n) is 7.30. The van der Waals surface area contributed by atoms with Gasteiger partial charge in [0.1, 0.15) is 23.7 Å². The number of rotatable bonds is 5. The van der Waals surface area contributed by atoms with Crippen molar-refractivity contribution in [3.05, 3.63) is 66.5 Å². The highest BCUT2D eigenvalue weighted by atomic mass is 16.5. The fourth-order valence-corrected chi connectivity index (χ4v) is 2.16. The van der Waals surface area contributed by atoms with E-state index in [0.29, 0.717) is 5.82 Å². The number of benzene rings is 2. The standard InChI is InChI=1S/C18H18N4O/c1-13-7-9-14(10-8-13)21-17-11-18(20-12-19-17)22-15-5-3-4-6-16(15)23-2/h3-12H,1-2H3,(H2,19,20,21,22). The van der Waals surface area contributed by atoms with E-state index >= 15 is 0 Å². The predicted molar refractivity (Wildman–Crippen MR) is 92.8 cm³/mol. The van der Waals surface area contributed by atoms with Crippen molar-refractivity contribution in [1.29, 1.82) is 0 Å². The summed E-state index contributed by atoms with van der Waals surface area (Å²) in [4.78, 5) is 8.50. The minimum Gasteiger partial charge on any atom is -0.495 e. The number of methoxy groups -OCH3 is 1. The van der Waals surface area contributed by atoms with Gasteiger partial charge in [-0.2, -0.15) is 0 Å². The molecule has 0 saturated heterocycles. The van der Waals surface area contributed by atoms with E-state index in [1.807, 2.05) is 42.5 Å². The van der Waals surface area contributed by atoms with Crippen LogP contribution in [0.25, 0.3) is 0 Å². The van der Waals surface area contributed by atoms with Crippen LogP contribution in [0.5, 0.6) is 5.75 Å². The summed E-state index contributed by atoms with van der Waals surface area (Å²) < 4.78 is 5.33. The van der Waals surface area contributed by atoms with Crippen molar-refractivity contribution >= 4 is 23.0 Å². The van der Waals surface area contributed by atoms with Gasteiger partial charge in [-0.15, -0.1) is 0 Å². The van der Waals surface area contributed by atoms with E-state index in [-0.39, 0.29) is 0 Å². The van der Waals surface area contributed by atoms with Crippen molar-refractivity contribution < 1.29 is 4.74 Å². The zero-order valence-corrected chi connectivity index (χ0v) is 13.1. The van der Waals surface area contributed by atoms with Gasteiger partial charge in [-0.1, -0.05) is 29.8 Å². The lowest BCUT2D eigenvalue weighted by Crippen LogP contribution is -1.99. The highest BCUT2D eigenvalue weighted by Gasteiger charge is 2.04. The van der Waals surface area contributed by atoms with Gasteiger partial charge in [-0.05, 0) is 31.2 Å². The average Bonchev–Trinajstić information content (AvgIpc) is 2.58. The zero-order chi connectivity index (χ0) is 16.1. The van der Waals surface area contributed by atoms with Gasteiger partial charge < -0.3 is 15.4 Å². The Kier molecular flexibility index (Phi) is 4.38. The Morgan fingerprint density at radius 1 is 0.870 bits per heavy atom. The largest absolute Gasteiger partial charge is 0.495 e. The Balaban J connectivity index is 1.78. The lowest BCUT2D eigenvalue weighted by Gasteiger charge is -2.11. The highest BCUT2D eigenvalue weighted by Crippen LogP contribution is 2.27. The minimum atomic E-state index is 0.694. The molecule has 116 valence electrons. The van der Waals surface area contributed by atoms with Crippen LogP contribution >= 0.6 is 0 Å². The molecule has 0 radical (unpaired) electrons. The molecule has 0 aliphatic heterocycles. The summed E-state index contributed by atoms with van der Waals surface area (Å²) >= 11 is 0. The molecular weight excluding hydrogens is 288 g/mol. The molecule has 5 nitrogen and oxygen atoms in total. The molecule has 0 spiro atoms. The molecule has 2 N–H and O–H groups in total. The quantitative estimate of drug-likeness (QED) is 0.736. The lowest BCUT2D eigenvalue weighted by atomic mass is 10.2. The maximum Gasteiger partial charge on any atom is 0.142 e. The Hall–Kier alpha value is -3.08. The molecule has 3 aromatic rings. The summed E-state index contributed by atoms with van der Waals surface area (Å²) in [5.41, 5.74) is 3.06. The van der Waals surface area contributed by atoms with Crippen LogP contribution in [0.3, 0.4) is 0 Å². The van der Waals surface area contributed by atoms with Crippen molar-refractivity contribution in [1.82, 2.24) is 9.97 Å². The van der Waals surface area contributed by atoms with Crippen LogP contribution in [0.4, 0.5) is 23.0 Å². The van der Waals surface area contributed by atoms with E-state index in [2.05, 4.69) is 39.7 Å². The summed E-state index contributed by atoms with van der Waals surface area (Å²) in [7, 11) is 1.64. The smallest absolute Gasteiger partial charge is 0.142 e. The van der Waals surface area contributed by atoms with E-state index in [1.165, 1.54) is 11.9 Å². The van der Waals surface area contributed by atoms with Crippen molar-refractivity contribution in [2.24, 2.45) is 0 Å². The maximum absolute atomic E-state index is 5.33. The number of ether oxygens (including phenoxy) is 1. The van der Waals surface area contributed by atoms with Crippen LogP contribution in [0.15, 0.2) is 60.9 Å². The molecule has 23 heavy (non-hydrogen) atoms. The van der Waals surface area contributed by atoms with Crippen LogP contribution in [0.1, 0.15) is 5.56 Å². The van der Waals surface area contributed by atoms with Gasteiger partial charge in [0.05, 0.1) is 12.8 Å². The monoisotopic (exact) mass is 306 g/mol. The summed E-state index contributed by atoms with van der Waals surface area (Å²) in [6, 6.07) is 17.7. The number of aryl methyl sites for hydroxylation is 1. The van der Waals surface area contributed by atoms with Crippen molar-refractivity contribution in [3.8, 4) is 5.75 Å². The van der Waals surface area contributed by atoms with Crippen LogP contribution in [0, 0.1) is 6.92 Å². The summed E-state index contributed by atoms with van der Waals surface area (Å²) in [6.45, 7) is 2.06. The van der Waals surface area contributed by atoms with Gasteiger partial charge in [0, 0.05) is 11.8 Å². The summed E-state index contributed by atoms with van der Waals surface area (Å²) in [5.74, 6) is 2.18. The topological polar surface area (TPSA) is 59.1 Å². The first kappa shape index (κ1) is 14.8. The number of hydrogen-bond acceptors (Lipinski definition) is 5. The second kappa shape index (κ2) is 6.79. The number of nitrogens with zero attached hydrogens (tertiary/aromatic N) is 2. The molecule has 0 bridgehead atoms. The van der Waals surface area contributed by atoms with E-state index in [0.717, 1.165) is 22.9 Å². The molecule has 0 aliphatic rings. The van der Waals surface area contributed by atoms with E-state index in [9.17, 15) is 0 Å². The third-order valence-corrected chi connectivity index (χ3v) is 3.36. The van der Waals surface area contributed by atoms with Gasteiger partial charge in [-0.25, -0.2) is 9.97 Å². The van der Waals surface area contributed by atoms with Crippen LogP contribution in [-0.4, -0.2) is 17.1 Å². The molecular formula is C18H18N4O. The fourth-order valence-electron chi connectivity index (χ4n) is 2.16. The molecule has 5 heteroatoms. The van der Waals surface area contributed by atoms with Crippen LogP contribution in [0.2, 0.25) is 0 Å². The molecule has 1 aromatic heterocycles. The van der Waals surface area contributed by atoms with Gasteiger partial charge in [0.2, 0.25) is 0 Å². The molecule has 0 aliphatic carbocycles. The van der Waals surface area contributed by atoms with E-state index in [4.69, 9.17) is 4.74 Å². The second-order valence-electron chi connectivity index (χ2n) is 5.10. The molecule has 0 amide bonds. The lowest BCUT2D eigenvalue weighted by molar-refractivity contribution is 0.417. The minimum absolute atomic E-state index is 0.694. The first-order valence-corrected chi connectivity index (χ1v) is 7.30. The maximum atomic E-state index is 5.33. The SMILES string of the molecule is COc1ccccc1Nc1cc(Nc2ccc(C)cc2)ncn1. The second-order valence-corrected chi connectivity index (χ2v) is 5.10. The number of nitrogens with one attached hydrogen (secondary N) is 2. The fraction of sp³-hybridized carbons (Fsp3) is 0.111. The van der Waals surface area contributed by atoms with Gasteiger partial charge in [0.25, 0.3) is 0 Å². The first-order chi connectivity index (χ1) is 11.2. The average molecular weight is 306 g/mol. The zero-order valence-electron chi connectivity index (χ0n) is 13.1. The number of aromatic nitrogens is 2. The van der Waals surface area contributed by atoms with Crippen LogP contribution in [-0.2, 0) is 0 Å². The molecule has 3 rings (SSSR count). The molecule has 2 aromatic carbocycles. The van der Waals surface area contributed by atoms with Crippen molar-refractivity contribution in [2.45, 2.75) is 6.92 Å². The Bertz CT molecular complexity index is 787. The van der Waals surface area contributed by atoms with Crippen molar-refractivity contribution in [3.63, 3.8) is 0 Å². The highest BCUT2D eigenvalue weighted by molar-refractivity contribution is 5.66. The Labute approximate surface area is 135 Å². The molecule has 0 fully saturated rings. The molecule has 0 atom stereocenters. The van der Waals surface area contributed by atoms with Gasteiger partial charge in [-0.3, -0.25) is 0 Å². The van der Waals surface area contributed by atoms with Crippen molar-refractivity contribution in [2.75, 3.05) is 17.7 Å². The van der Waals surface area contributed by atoms with Gasteiger partial charge >= 0.3 is 0 Å². The normalized spacial score (nSPS) is 10.2. The van der Waals surface area contributed by atoms with E-state index < -0.39 is 0 Å². The van der Waals surface area contributed by atoms with Gasteiger partial charge in [0.15, 0.2) is 0 Å². The third kappa shape index (κ3) is 3.77. The third-order valence-electron chi connectivity index (χ3n) is 3.36. The van der Waals surface area contributed by atoms with E-state index in [1.54, 1.807) is 7.11 Å². The number of hydrogen-bond donors (Lipinski definition) is 2. The number of para-hydroxylation sites is 2. The Morgan fingerprint density at radius 2 is 1.57 bits per heavy atom. The molecule has 0 saturated carbocycles. The molecule has 0 unspecified atom stereocenters. The summed E-state index contributed by atoms with van der Waals surface area (Å²) in [5, 5.41) is 6.51. The molecule has 1 heterocycles. The predicted octanol–water partition coefficient (Wildman–Crippen LogP) is 4.28.